The first kappa shape index (κ1) is 16.7. The molecule has 0 saturated carbocycles. The standard InChI is InChI=1S/C15H14ClFN4O2/c16-13-6-3-11(8-18-13)9-19-15(23)21-20-14(22)7-10-1-4-12(17)5-2-10/h1-6,8H,7,9H2,(H,20,22)(H2,19,21,23). The number of halogens is 2. The summed E-state index contributed by atoms with van der Waals surface area (Å²) in [7, 11) is 0. The predicted molar refractivity (Wildman–Crippen MR) is 82.9 cm³/mol. The second-order valence-corrected chi connectivity index (χ2v) is 5.04. The molecule has 23 heavy (non-hydrogen) atoms. The van der Waals surface area contributed by atoms with Crippen LogP contribution in [0.25, 0.3) is 0 Å². The number of hydrogen-bond acceptors (Lipinski definition) is 3. The first-order valence-corrected chi connectivity index (χ1v) is 7.08. The van der Waals surface area contributed by atoms with Crippen molar-refractivity contribution < 1.29 is 14.0 Å². The van der Waals surface area contributed by atoms with E-state index in [1.165, 1.54) is 30.5 Å². The molecule has 1 heterocycles. The van der Waals surface area contributed by atoms with E-state index in [1.54, 1.807) is 12.1 Å². The van der Waals surface area contributed by atoms with E-state index in [0.717, 1.165) is 5.56 Å². The van der Waals surface area contributed by atoms with Crippen LogP contribution in [0.1, 0.15) is 11.1 Å². The van der Waals surface area contributed by atoms with Crippen molar-refractivity contribution in [3.63, 3.8) is 0 Å². The summed E-state index contributed by atoms with van der Waals surface area (Å²) in [6, 6.07) is 8.31. The van der Waals surface area contributed by atoms with Crippen LogP contribution in [0, 0.1) is 5.82 Å². The van der Waals surface area contributed by atoms with Crippen LogP contribution in [-0.2, 0) is 17.8 Å². The lowest BCUT2D eigenvalue weighted by Crippen LogP contribution is -2.47. The van der Waals surface area contributed by atoms with Crippen LogP contribution in [0.4, 0.5) is 9.18 Å². The van der Waals surface area contributed by atoms with Crippen molar-refractivity contribution in [2.45, 2.75) is 13.0 Å². The molecule has 2 aromatic rings. The molecule has 3 amide bonds. The molecule has 0 atom stereocenters. The normalized spacial score (nSPS) is 10.0. The van der Waals surface area contributed by atoms with Crippen LogP contribution in [0.2, 0.25) is 5.15 Å². The number of carbonyl (C=O) groups is 2. The SMILES string of the molecule is O=C(Cc1ccc(F)cc1)NNC(=O)NCc1ccc(Cl)nc1. The number of pyridine rings is 1. The summed E-state index contributed by atoms with van der Waals surface area (Å²) in [6.07, 6.45) is 1.57. The predicted octanol–water partition coefficient (Wildman–Crippen LogP) is 1.95. The molecule has 1 aromatic heterocycles. The minimum Gasteiger partial charge on any atom is -0.333 e. The lowest BCUT2D eigenvalue weighted by molar-refractivity contribution is -0.121. The van der Waals surface area contributed by atoms with E-state index in [1.807, 2.05) is 0 Å². The Labute approximate surface area is 137 Å². The van der Waals surface area contributed by atoms with Gasteiger partial charge in [0, 0.05) is 12.7 Å². The van der Waals surface area contributed by atoms with E-state index in [4.69, 9.17) is 11.6 Å². The van der Waals surface area contributed by atoms with Crippen LogP contribution < -0.4 is 16.2 Å². The highest BCUT2D eigenvalue weighted by Gasteiger charge is 2.06. The third-order valence-electron chi connectivity index (χ3n) is 2.84. The molecule has 120 valence electrons. The van der Waals surface area contributed by atoms with Crippen LogP contribution in [-0.4, -0.2) is 16.9 Å². The van der Waals surface area contributed by atoms with Crippen molar-refractivity contribution in [3.8, 4) is 0 Å². The minimum absolute atomic E-state index is 0.0294. The molecular weight excluding hydrogens is 323 g/mol. The maximum Gasteiger partial charge on any atom is 0.333 e. The average Bonchev–Trinajstić information content (AvgIpc) is 2.54. The zero-order chi connectivity index (χ0) is 16.7. The number of hydrogen-bond donors (Lipinski definition) is 3. The Morgan fingerprint density at radius 3 is 2.39 bits per heavy atom. The molecule has 8 heteroatoms. The molecule has 0 bridgehead atoms. The zero-order valence-corrected chi connectivity index (χ0v) is 12.7. The van der Waals surface area contributed by atoms with Gasteiger partial charge < -0.3 is 5.32 Å². The number of benzene rings is 1. The van der Waals surface area contributed by atoms with E-state index < -0.39 is 11.9 Å². The van der Waals surface area contributed by atoms with Crippen molar-refractivity contribution >= 4 is 23.5 Å². The van der Waals surface area contributed by atoms with Crippen LogP contribution >= 0.6 is 11.6 Å². The second-order valence-electron chi connectivity index (χ2n) is 4.65. The van der Waals surface area contributed by atoms with Gasteiger partial charge in [0.15, 0.2) is 0 Å². The number of aromatic nitrogens is 1. The van der Waals surface area contributed by atoms with Crippen molar-refractivity contribution in [2.24, 2.45) is 0 Å². The van der Waals surface area contributed by atoms with Gasteiger partial charge in [-0.1, -0.05) is 29.8 Å². The number of urea groups is 1. The number of rotatable bonds is 4. The molecule has 0 aliphatic rings. The van der Waals surface area contributed by atoms with E-state index in [9.17, 15) is 14.0 Å². The topological polar surface area (TPSA) is 83.1 Å². The summed E-state index contributed by atoms with van der Waals surface area (Å²) in [4.78, 5) is 27.1. The van der Waals surface area contributed by atoms with E-state index in [-0.39, 0.29) is 18.8 Å². The Morgan fingerprint density at radius 1 is 1.04 bits per heavy atom. The monoisotopic (exact) mass is 336 g/mol. The quantitative estimate of drug-likeness (QED) is 0.589. The van der Waals surface area contributed by atoms with Gasteiger partial charge in [-0.25, -0.2) is 19.6 Å². The van der Waals surface area contributed by atoms with Gasteiger partial charge in [0.25, 0.3) is 0 Å². The Bertz CT molecular complexity index is 677. The number of amides is 3. The maximum atomic E-state index is 12.7. The fourth-order valence-electron chi connectivity index (χ4n) is 1.70. The number of nitrogens with one attached hydrogen (secondary N) is 3. The summed E-state index contributed by atoms with van der Waals surface area (Å²) in [6.45, 7) is 0.240. The molecule has 0 fully saturated rings. The average molecular weight is 337 g/mol. The fourth-order valence-corrected chi connectivity index (χ4v) is 1.81. The molecule has 1 aromatic carbocycles. The summed E-state index contributed by atoms with van der Waals surface area (Å²) >= 11 is 5.65. The van der Waals surface area contributed by atoms with Gasteiger partial charge in [-0.15, -0.1) is 0 Å². The molecular formula is C15H14ClFN4O2. The summed E-state index contributed by atoms with van der Waals surface area (Å²) in [5, 5.41) is 2.91. The molecule has 6 nitrogen and oxygen atoms in total. The smallest absolute Gasteiger partial charge is 0.333 e. The van der Waals surface area contributed by atoms with Gasteiger partial charge in [-0.2, -0.15) is 0 Å². The molecule has 0 aliphatic carbocycles. The number of carbonyl (C=O) groups excluding carboxylic acids is 2. The summed E-state index contributed by atoms with van der Waals surface area (Å²) < 4.78 is 12.7. The molecule has 0 unspecified atom stereocenters. The van der Waals surface area contributed by atoms with Crippen LogP contribution in [0.5, 0.6) is 0 Å². The first-order chi connectivity index (χ1) is 11.0. The van der Waals surface area contributed by atoms with Crippen molar-refractivity contribution in [1.29, 1.82) is 0 Å². The molecule has 2 rings (SSSR count). The lowest BCUT2D eigenvalue weighted by Gasteiger charge is -2.09. The number of nitrogens with zero attached hydrogens (tertiary/aromatic N) is 1. The van der Waals surface area contributed by atoms with Gasteiger partial charge in [-0.3, -0.25) is 10.2 Å². The molecule has 3 N–H and O–H groups in total. The van der Waals surface area contributed by atoms with Gasteiger partial charge in [-0.05, 0) is 29.3 Å². The highest BCUT2D eigenvalue weighted by Crippen LogP contribution is 2.05. The Kier molecular flexibility index (Phi) is 5.87. The highest BCUT2D eigenvalue weighted by molar-refractivity contribution is 6.29. The third kappa shape index (κ3) is 5.91. The molecule has 0 radical (unpaired) electrons. The molecule has 0 saturated heterocycles. The minimum atomic E-state index is -0.563. The van der Waals surface area contributed by atoms with Crippen molar-refractivity contribution in [3.05, 3.63) is 64.7 Å². The van der Waals surface area contributed by atoms with E-state index >= 15 is 0 Å². The van der Waals surface area contributed by atoms with Crippen LogP contribution in [0.15, 0.2) is 42.6 Å². The van der Waals surface area contributed by atoms with Gasteiger partial charge in [0.2, 0.25) is 5.91 Å². The fraction of sp³-hybridized carbons (Fsp3) is 0.133. The first-order valence-electron chi connectivity index (χ1n) is 6.70. The van der Waals surface area contributed by atoms with E-state index in [2.05, 4.69) is 21.2 Å². The van der Waals surface area contributed by atoms with Crippen molar-refractivity contribution in [2.75, 3.05) is 0 Å². The van der Waals surface area contributed by atoms with Gasteiger partial charge in [0.1, 0.15) is 11.0 Å². The summed E-state index contributed by atoms with van der Waals surface area (Å²) in [5.74, 6) is -0.789. The molecule has 0 spiro atoms. The highest BCUT2D eigenvalue weighted by atomic mass is 35.5. The van der Waals surface area contributed by atoms with Gasteiger partial charge >= 0.3 is 6.03 Å². The zero-order valence-electron chi connectivity index (χ0n) is 12.0. The molecule has 0 aliphatic heterocycles. The Morgan fingerprint density at radius 2 is 1.74 bits per heavy atom. The summed E-state index contributed by atoms with van der Waals surface area (Å²) in [5.41, 5.74) is 5.89. The second kappa shape index (κ2) is 8.09. The lowest BCUT2D eigenvalue weighted by atomic mass is 10.1. The maximum absolute atomic E-state index is 12.7. The van der Waals surface area contributed by atoms with Crippen LogP contribution in [0.3, 0.4) is 0 Å². The largest absolute Gasteiger partial charge is 0.333 e. The number of hydrazine groups is 1. The Balaban J connectivity index is 1.70. The van der Waals surface area contributed by atoms with Crippen molar-refractivity contribution in [1.82, 2.24) is 21.2 Å². The third-order valence-corrected chi connectivity index (χ3v) is 3.06. The van der Waals surface area contributed by atoms with E-state index in [0.29, 0.717) is 10.7 Å². The van der Waals surface area contributed by atoms with Gasteiger partial charge in [0.05, 0.1) is 6.42 Å². The Hall–Kier alpha value is -2.67.